The standard InChI is InChI=1S/C22H24N4S/c1-5-16-10-9-15(4)18(13-16)21-23-24-22(27)26(21)20-8-6-7-19-17(20)11-12-25(19)14(2)3/h6-14H,5H2,1-4H3,(H,24,27). The number of aromatic amines is 1. The van der Waals surface area contributed by atoms with Gasteiger partial charge in [0.05, 0.1) is 11.2 Å². The quantitative estimate of drug-likeness (QED) is 0.443. The van der Waals surface area contributed by atoms with Crippen molar-refractivity contribution < 1.29 is 0 Å². The van der Waals surface area contributed by atoms with E-state index in [1.54, 1.807) is 0 Å². The molecule has 0 aliphatic rings. The first-order valence-electron chi connectivity index (χ1n) is 9.38. The van der Waals surface area contributed by atoms with Gasteiger partial charge in [-0.3, -0.25) is 9.67 Å². The molecular weight excluding hydrogens is 352 g/mol. The van der Waals surface area contributed by atoms with Crippen molar-refractivity contribution in [2.75, 3.05) is 0 Å². The summed E-state index contributed by atoms with van der Waals surface area (Å²) in [6.07, 6.45) is 3.14. The number of aryl methyl sites for hydroxylation is 2. The first-order valence-corrected chi connectivity index (χ1v) is 9.79. The molecule has 4 rings (SSSR count). The molecular formula is C22H24N4S. The van der Waals surface area contributed by atoms with Gasteiger partial charge in [-0.25, -0.2) is 0 Å². The first kappa shape index (κ1) is 17.7. The van der Waals surface area contributed by atoms with E-state index in [0.717, 1.165) is 23.5 Å². The molecule has 0 fully saturated rings. The molecule has 4 aromatic rings. The lowest BCUT2D eigenvalue weighted by molar-refractivity contribution is 0.623. The minimum Gasteiger partial charge on any atom is -0.345 e. The molecule has 2 heterocycles. The lowest BCUT2D eigenvalue weighted by atomic mass is 10.0. The molecule has 0 amide bonds. The Hall–Kier alpha value is -2.66. The second kappa shape index (κ2) is 6.82. The third-order valence-electron chi connectivity index (χ3n) is 5.16. The van der Waals surface area contributed by atoms with Crippen molar-refractivity contribution in [3.8, 4) is 17.1 Å². The van der Waals surface area contributed by atoms with Crippen LogP contribution in [0.1, 0.15) is 37.9 Å². The highest BCUT2D eigenvalue weighted by molar-refractivity contribution is 7.71. The number of fused-ring (bicyclic) bond motifs is 1. The highest BCUT2D eigenvalue weighted by Crippen LogP contribution is 2.31. The van der Waals surface area contributed by atoms with Crippen LogP contribution in [-0.2, 0) is 6.42 Å². The van der Waals surface area contributed by atoms with E-state index in [2.05, 4.69) is 95.7 Å². The number of hydrogen-bond acceptors (Lipinski definition) is 2. The molecule has 4 nitrogen and oxygen atoms in total. The van der Waals surface area contributed by atoms with Gasteiger partial charge in [0.25, 0.3) is 0 Å². The van der Waals surface area contributed by atoms with Crippen molar-refractivity contribution in [3.05, 3.63) is 64.6 Å². The average Bonchev–Trinajstić information content (AvgIpc) is 3.26. The largest absolute Gasteiger partial charge is 0.345 e. The van der Waals surface area contributed by atoms with E-state index in [1.807, 2.05) is 0 Å². The fourth-order valence-corrected chi connectivity index (χ4v) is 3.88. The van der Waals surface area contributed by atoms with Crippen LogP contribution in [0.25, 0.3) is 28.0 Å². The SMILES string of the molecule is CCc1ccc(C)c(-c2n[nH]c(=S)n2-c2cccc3c2ccn3C(C)C)c1. The Balaban J connectivity index is 1.99. The van der Waals surface area contributed by atoms with Crippen LogP contribution in [0.3, 0.4) is 0 Å². The third kappa shape index (κ3) is 2.92. The molecule has 0 radical (unpaired) electrons. The van der Waals surface area contributed by atoms with Crippen LogP contribution >= 0.6 is 12.2 Å². The maximum Gasteiger partial charge on any atom is 0.200 e. The summed E-state index contributed by atoms with van der Waals surface area (Å²) in [7, 11) is 0. The van der Waals surface area contributed by atoms with E-state index in [0.29, 0.717) is 10.8 Å². The van der Waals surface area contributed by atoms with E-state index in [-0.39, 0.29) is 0 Å². The maximum atomic E-state index is 5.62. The first-order chi connectivity index (χ1) is 13.0. The summed E-state index contributed by atoms with van der Waals surface area (Å²) in [5.41, 5.74) is 5.86. The Morgan fingerprint density at radius 1 is 1.15 bits per heavy atom. The van der Waals surface area contributed by atoms with Crippen molar-refractivity contribution in [2.24, 2.45) is 0 Å². The minimum absolute atomic E-state index is 0.401. The summed E-state index contributed by atoms with van der Waals surface area (Å²) in [6.45, 7) is 8.68. The predicted octanol–water partition coefficient (Wildman–Crippen LogP) is 6.00. The summed E-state index contributed by atoms with van der Waals surface area (Å²) < 4.78 is 4.95. The van der Waals surface area contributed by atoms with Gasteiger partial charge >= 0.3 is 0 Å². The molecule has 0 spiro atoms. The number of aromatic nitrogens is 4. The Morgan fingerprint density at radius 2 is 1.96 bits per heavy atom. The predicted molar refractivity (Wildman–Crippen MR) is 114 cm³/mol. The van der Waals surface area contributed by atoms with Crippen molar-refractivity contribution >= 4 is 23.1 Å². The number of nitrogens with one attached hydrogen (secondary N) is 1. The summed E-state index contributed by atoms with van der Waals surface area (Å²) in [6, 6.07) is 15.5. The highest BCUT2D eigenvalue weighted by atomic mass is 32.1. The van der Waals surface area contributed by atoms with Crippen LogP contribution in [-0.4, -0.2) is 19.3 Å². The lowest BCUT2D eigenvalue weighted by Crippen LogP contribution is -2.01. The van der Waals surface area contributed by atoms with Gasteiger partial charge in [0.15, 0.2) is 10.6 Å². The van der Waals surface area contributed by atoms with E-state index in [9.17, 15) is 0 Å². The van der Waals surface area contributed by atoms with E-state index in [1.165, 1.54) is 22.0 Å². The molecule has 1 N–H and O–H groups in total. The second-order valence-corrected chi connectivity index (χ2v) is 7.60. The zero-order valence-electron chi connectivity index (χ0n) is 16.2. The fourth-order valence-electron chi connectivity index (χ4n) is 3.65. The van der Waals surface area contributed by atoms with E-state index < -0.39 is 0 Å². The zero-order chi connectivity index (χ0) is 19.1. The van der Waals surface area contributed by atoms with Gasteiger partial charge in [0, 0.05) is 23.2 Å². The van der Waals surface area contributed by atoms with Crippen LogP contribution in [0, 0.1) is 11.7 Å². The van der Waals surface area contributed by atoms with Crippen molar-refractivity contribution in [3.63, 3.8) is 0 Å². The summed E-state index contributed by atoms with van der Waals surface area (Å²) >= 11 is 5.62. The Kier molecular flexibility index (Phi) is 4.48. The second-order valence-electron chi connectivity index (χ2n) is 7.22. The third-order valence-corrected chi connectivity index (χ3v) is 5.43. The maximum absolute atomic E-state index is 5.62. The molecule has 0 atom stereocenters. The Morgan fingerprint density at radius 3 is 2.70 bits per heavy atom. The summed E-state index contributed by atoms with van der Waals surface area (Å²) in [4.78, 5) is 0. The highest BCUT2D eigenvalue weighted by Gasteiger charge is 2.16. The van der Waals surface area contributed by atoms with Gasteiger partial charge < -0.3 is 4.57 Å². The number of rotatable bonds is 4. The summed E-state index contributed by atoms with van der Waals surface area (Å²) in [5, 5.41) is 8.76. The topological polar surface area (TPSA) is 38.5 Å². The molecule has 5 heteroatoms. The molecule has 2 aromatic carbocycles. The van der Waals surface area contributed by atoms with E-state index in [4.69, 9.17) is 12.2 Å². The van der Waals surface area contributed by atoms with Crippen molar-refractivity contribution in [2.45, 2.75) is 40.2 Å². The van der Waals surface area contributed by atoms with Gasteiger partial charge in [0.2, 0.25) is 0 Å². The zero-order valence-corrected chi connectivity index (χ0v) is 17.0. The molecule has 0 saturated carbocycles. The van der Waals surface area contributed by atoms with Crippen LogP contribution in [0.15, 0.2) is 48.7 Å². The molecule has 27 heavy (non-hydrogen) atoms. The smallest absolute Gasteiger partial charge is 0.200 e. The van der Waals surface area contributed by atoms with Crippen LogP contribution in [0.4, 0.5) is 0 Å². The van der Waals surface area contributed by atoms with Gasteiger partial charge in [-0.05, 0) is 74.8 Å². The molecule has 0 aliphatic heterocycles. The van der Waals surface area contributed by atoms with E-state index >= 15 is 0 Å². The molecule has 138 valence electrons. The fraction of sp³-hybridized carbons (Fsp3) is 0.273. The average molecular weight is 377 g/mol. The van der Waals surface area contributed by atoms with Gasteiger partial charge in [0.1, 0.15) is 0 Å². The van der Waals surface area contributed by atoms with Crippen molar-refractivity contribution in [1.29, 1.82) is 0 Å². The molecule has 0 aliphatic carbocycles. The normalized spacial score (nSPS) is 11.6. The number of nitrogens with zero attached hydrogens (tertiary/aromatic N) is 3. The Bertz CT molecular complexity index is 1180. The monoisotopic (exact) mass is 376 g/mol. The van der Waals surface area contributed by atoms with Crippen molar-refractivity contribution in [1.82, 2.24) is 19.3 Å². The lowest BCUT2D eigenvalue weighted by Gasteiger charge is -2.13. The van der Waals surface area contributed by atoms with Crippen LogP contribution < -0.4 is 0 Å². The van der Waals surface area contributed by atoms with Gasteiger partial charge in [-0.2, -0.15) is 5.10 Å². The molecule has 2 aromatic heterocycles. The number of hydrogen-bond donors (Lipinski definition) is 1. The Labute approximate surface area is 164 Å². The number of benzene rings is 2. The number of H-pyrrole nitrogens is 1. The van der Waals surface area contributed by atoms with Crippen LogP contribution in [0.5, 0.6) is 0 Å². The molecule has 0 saturated heterocycles. The van der Waals surface area contributed by atoms with Gasteiger partial charge in [-0.1, -0.05) is 25.1 Å². The van der Waals surface area contributed by atoms with Gasteiger partial charge in [-0.15, -0.1) is 0 Å². The molecule has 0 bridgehead atoms. The van der Waals surface area contributed by atoms with Crippen LogP contribution in [0.2, 0.25) is 0 Å². The molecule has 0 unspecified atom stereocenters. The minimum atomic E-state index is 0.401. The summed E-state index contributed by atoms with van der Waals surface area (Å²) in [5.74, 6) is 0.859.